The SMILES string of the molecule is CCCCC(Oc1ccc(C(N)=NO)cc1)Oc1ccc(-c2nc(C(C)C)sc2CCn2ccnc2)cc1. The number of hydrogen-bond donors (Lipinski definition) is 2. The molecule has 2 aromatic carbocycles. The largest absolute Gasteiger partial charge is 0.455 e. The first kappa shape index (κ1) is 27.2. The average Bonchev–Trinajstić information content (AvgIpc) is 3.61. The van der Waals surface area contributed by atoms with E-state index in [4.69, 9.17) is 25.4 Å². The number of aryl methyl sites for hydroxylation is 2. The molecule has 0 aliphatic heterocycles. The molecule has 38 heavy (non-hydrogen) atoms. The number of aromatic nitrogens is 3. The molecule has 0 bridgehead atoms. The molecule has 200 valence electrons. The summed E-state index contributed by atoms with van der Waals surface area (Å²) in [5.41, 5.74) is 8.39. The molecule has 8 nitrogen and oxygen atoms in total. The van der Waals surface area contributed by atoms with E-state index in [1.165, 1.54) is 4.88 Å². The van der Waals surface area contributed by atoms with Gasteiger partial charge in [0.15, 0.2) is 5.84 Å². The highest BCUT2D eigenvalue weighted by molar-refractivity contribution is 7.12. The van der Waals surface area contributed by atoms with Gasteiger partial charge in [-0.15, -0.1) is 11.3 Å². The third-order valence-corrected chi connectivity index (χ3v) is 7.49. The van der Waals surface area contributed by atoms with Crippen LogP contribution in [-0.2, 0) is 13.0 Å². The zero-order valence-corrected chi connectivity index (χ0v) is 22.9. The Balaban J connectivity index is 1.48. The Labute approximate surface area is 227 Å². The topological polar surface area (TPSA) is 108 Å². The molecule has 0 amide bonds. The first-order chi connectivity index (χ1) is 18.5. The van der Waals surface area contributed by atoms with Crippen LogP contribution in [0.2, 0.25) is 0 Å². The summed E-state index contributed by atoms with van der Waals surface area (Å²) in [6.45, 7) is 7.36. The third kappa shape index (κ3) is 7.13. The van der Waals surface area contributed by atoms with Gasteiger partial charge in [0, 0.05) is 53.7 Å². The van der Waals surface area contributed by atoms with E-state index >= 15 is 0 Å². The van der Waals surface area contributed by atoms with Crippen molar-refractivity contribution in [2.45, 2.75) is 65.2 Å². The number of hydrogen-bond acceptors (Lipinski definition) is 7. The normalized spacial score (nSPS) is 12.6. The van der Waals surface area contributed by atoms with Crippen molar-refractivity contribution in [1.29, 1.82) is 0 Å². The average molecular weight is 534 g/mol. The fourth-order valence-electron chi connectivity index (χ4n) is 3.93. The molecule has 0 aliphatic rings. The van der Waals surface area contributed by atoms with Crippen molar-refractivity contribution in [2.24, 2.45) is 10.9 Å². The molecule has 2 heterocycles. The minimum Gasteiger partial charge on any atom is -0.455 e. The van der Waals surface area contributed by atoms with Gasteiger partial charge in [0.05, 0.1) is 17.0 Å². The summed E-state index contributed by atoms with van der Waals surface area (Å²) >= 11 is 1.79. The Bertz CT molecular complexity index is 1300. The molecular weight excluding hydrogens is 498 g/mol. The zero-order valence-electron chi connectivity index (χ0n) is 22.1. The second-order valence-corrected chi connectivity index (χ2v) is 10.5. The lowest BCUT2D eigenvalue weighted by molar-refractivity contribution is -0.00211. The number of oxime groups is 1. The predicted molar refractivity (Wildman–Crippen MR) is 151 cm³/mol. The maximum atomic E-state index is 8.87. The molecule has 0 fully saturated rings. The van der Waals surface area contributed by atoms with Gasteiger partial charge in [-0.05, 0) is 55.0 Å². The van der Waals surface area contributed by atoms with E-state index in [0.29, 0.717) is 17.2 Å². The van der Waals surface area contributed by atoms with Gasteiger partial charge in [0.25, 0.3) is 0 Å². The molecule has 1 atom stereocenters. The molecule has 4 rings (SSSR count). The highest BCUT2D eigenvalue weighted by atomic mass is 32.1. The molecule has 1 unspecified atom stereocenters. The first-order valence-corrected chi connectivity index (χ1v) is 13.8. The van der Waals surface area contributed by atoms with Crippen molar-refractivity contribution in [2.75, 3.05) is 0 Å². The van der Waals surface area contributed by atoms with Crippen molar-refractivity contribution < 1.29 is 14.7 Å². The van der Waals surface area contributed by atoms with E-state index in [0.717, 1.165) is 54.2 Å². The van der Waals surface area contributed by atoms with E-state index in [1.54, 1.807) is 41.8 Å². The summed E-state index contributed by atoms with van der Waals surface area (Å²) in [6.07, 6.45) is 8.86. The van der Waals surface area contributed by atoms with Crippen LogP contribution in [0.4, 0.5) is 0 Å². The zero-order chi connectivity index (χ0) is 26.9. The van der Waals surface area contributed by atoms with Gasteiger partial charge in [-0.1, -0.05) is 32.3 Å². The predicted octanol–water partition coefficient (Wildman–Crippen LogP) is 6.44. The number of imidazole rings is 1. The van der Waals surface area contributed by atoms with Gasteiger partial charge in [-0.3, -0.25) is 0 Å². The molecule has 4 aromatic rings. The van der Waals surface area contributed by atoms with Crippen LogP contribution in [0, 0.1) is 0 Å². The summed E-state index contributed by atoms with van der Waals surface area (Å²) in [4.78, 5) is 10.4. The van der Waals surface area contributed by atoms with Crippen molar-refractivity contribution in [3.05, 3.63) is 82.7 Å². The van der Waals surface area contributed by atoms with Crippen LogP contribution in [0.25, 0.3) is 11.3 Å². The Morgan fingerprint density at radius 2 is 1.76 bits per heavy atom. The second kappa shape index (κ2) is 13.1. The lowest BCUT2D eigenvalue weighted by Crippen LogP contribution is -2.24. The Kier molecular flexibility index (Phi) is 9.37. The molecule has 0 spiro atoms. The lowest BCUT2D eigenvalue weighted by atomic mass is 10.1. The van der Waals surface area contributed by atoms with Crippen molar-refractivity contribution in [3.8, 4) is 22.8 Å². The van der Waals surface area contributed by atoms with Gasteiger partial charge in [-0.2, -0.15) is 0 Å². The van der Waals surface area contributed by atoms with E-state index in [1.807, 2.05) is 24.7 Å². The van der Waals surface area contributed by atoms with Gasteiger partial charge in [0.1, 0.15) is 11.5 Å². The van der Waals surface area contributed by atoms with E-state index in [-0.39, 0.29) is 5.84 Å². The monoisotopic (exact) mass is 533 g/mol. The minimum absolute atomic E-state index is 0.0564. The first-order valence-electron chi connectivity index (χ1n) is 12.9. The van der Waals surface area contributed by atoms with Gasteiger partial charge < -0.3 is 25.0 Å². The van der Waals surface area contributed by atoms with E-state index in [2.05, 4.69) is 47.6 Å². The smallest absolute Gasteiger partial charge is 0.241 e. The Morgan fingerprint density at radius 3 is 2.34 bits per heavy atom. The third-order valence-electron chi connectivity index (χ3n) is 6.08. The molecule has 0 aliphatic carbocycles. The minimum atomic E-state index is -0.437. The molecule has 9 heteroatoms. The fraction of sp³-hybridized carbons (Fsp3) is 0.345. The van der Waals surface area contributed by atoms with Crippen LogP contribution in [0.5, 0.6) is 11.5 Å². The van der Waals surface area contributed by atoms with Crippen LogP contribution in [0.3, 0.4) is 0 Å². The molecule has 0 saturated heterocycles. The summed E-state index contributed by atoms with van der Waals surface area (Å²) in [5.74, 6) is 1.83. The Hall–Kier alpha value is -3.85. The summed E-state index contributed by atoms with van der Waals surface area (Å²) < 4.78 is 14.5. The van der Waals surface area contributed by atoms with Crippen LogP contribution in [0.15, 0.2) is 72.4 Å². The molecule has 2 aromatic heterocycles. The standard InChI is InChI=1S/C29H35N5O3S/c1-4-5-6-26(37-24-13-9-22(10-14-24)28(30)33-35)36-23-11-7-21(8-12-23)27-25(38-29(32-27)20(2)3)15-17-34-18-16-31-19-34/h7-14,16,18-20,26,35H,4-6,15,17H2,1-3H3,(H2,30,33). The fourth-order valence-corrected chi connectivity index (χ4v) is 5.01. The number of nitrogens with zero attached hydrogens (tertiary/aromatic N) is 4. The number of amidine groups is 1. The number of ether oxygens (including phenoxy) is 2. The maximum absolute atomic E-state index is 8.87. The van der Waals surface area contributed by atoms with Crippen LogP contribution < -0.4 is 15.2 Å². The van der Waals surface area contributed by atoms with Crippen LogP contribution >= 0.6 is 11.3 Å². The number of benzene rings is 2. The van der Waals surface area contributed by atoms with Crippen LogP contribution in [-0.4, -0.2) is 31.9 Å². The molecule has 3 N–H and O–H groups in total. The van der Waals surface area contributed by atoms with Gasteiger partial charge in [0.2, 0.25) is 6.29 Å². The Morgan fingerprint density at radius 1 is 1.08 bits per heavy atom. The van der Waals surface area contributed by atoms with Gasteiger partial charge >= 0.3 is 0 Å². The van der Waals surface area contributed by atoms with Gasteiger partial charge in [-0.25, -0.2) is 9.97 Å². The quantitative estimate of drug-likeness (QED) is 0.0673. The summed E-state index contributed by atoms with van der Waals surface area (Å²) in [7, 11) is 0. The number of nitrogens with two attached hydrogens (primary N) is 1. The molecular formula is C29H35N5O3S. The van der Waals surface area contributed by atoms with Crippen LogP contribution in [0.1, 0.15) is 61.4 Å². The molecule has 0 radical (unpaired) electrons. The van der Waals surface area contributed by atoms with Crippen molar-refractivity contribution in [3.63, 3.8) is 0 Å². The number of unbranched alkanes of at least 4 members (excludes halogenated alkanes) is 1. The maximum Gasteiger partial charge on any atom is 0.241 e. The highest BCUT2D eigenvalue weighted by Gasteiger charge is 2.17. The summed E-state index contributed by atoms with van der Waals surface area (Å²) in [5, 5.41) is 13.0. The number of rotatable bonds is 13. The summed E-state index contributed by atoms with van der Waals surface area (Å²) in [6, 6.07) is 15.2. The van der Waals surface area contributed by atoms with Crippen molar-refractivity contribution in [1.82, 2.24) is 14.5 Å². The van der Waals surface area contributed by atoms with E-state index in [9.17, 15) is 0 Å². The van der Waals surface area contributed by atoms with Crippen molar-refractivity contribution >= 4 is 17.2 Å². The highest BCUT2D eigenvalue weighted by Crippen LogP contribution is 2.33. The molecule has 0 saturated carbocycles. The number of thiazole rings is 1. The second-order valence-electron chi connectivity index (χ2n) is 9.37. The van der Waals surface area contributed by atoms with E-state index < -0.39 is 6.29 Å². The lowest BCUT2D eigenvalue weighted by Gasteiger charge is -2.21.